The Hall–Kier alpha value is -0.820. The summed E-state index contributed by atoms with van der Waals surface area (Å²) in [6.07, 6.45) is 43.5. The smallest absolute Gasteiger partial charge is 0.104 e. The normalized spacial score (nSPS) is 12.0. The quantitative estimate of drug-likeness (QED) is 0.0557. The lowest BCUT2D eigenvalue weighted by Gasteiger charge is -2.39. The Labute approximate surface area is 273 Å². The molecule has 0 spiro atoms. The molecule has 0 aromatic heterocycles. The van der Waals surface area contributed by atoms with Crippen LogP contribution in [0.15, 0.2) is 30.3 Å². The van der Waals surface area contributed by atoms with Gasteiger partial charge in [0.25, 0.3) is 0 Å². The van der Waals surface area contributed by atoms with E-state index >= 15 is 0 Å². The largest absolute Gasteiger partial charge is 0.322 e. The van der Waals surface area contributed by atoms with Crippen LogP contribution in [-0.4, -0.2) is 24.6 Å². The van der Waals surface area contributed by atoms with Crippen LogP contribution < -0.4 is 0 Å². The minimum atomic E-state index is 0.801. The second-order valence-corrected chi connectivity index (χ2v) is 14.8. The molecule has 1 aromatic rings. The molecule has 0 aliphatic carbocycles. The minimum absolute atomic E-state index is 0.801. The second-order valence-electron chi connectivity index (χ2n) is 14.8. The van der Waals surface area contributed by atoms with Crippen molar-refractivity contribution in [3.8, 4) is 0 Å². The average molecular weight is 599 g/mol. The van der Waals surface area contributed by atoms with Gasteiger partial charge in [-0.25, -0.2) is 0 Å². The topological polar surface area (TPSA) is 0 Å². The van der Waals surface area contributed by atoms with Crippen LogP contribution in [0.1, 0.15) is 212 Å². The summed E-state index contributed by atoms with van der Waals surface area (Å²) in [4.78, 5) is 0. The number of benzene rings is 1. The number of hydrogen-bond donors (Lipinski definition) is 0. The van der Waals surface area contributed by atoms with Gasteiger partial charge in [-0.2, -0.15) is 0 Å². The maximum atomic E-state index is 2.51. The van der Waals surface area contributed by atoms with Crippen LogP contribution in [0.25, 0.3) is 0 Å². The molecule has 0 bridgehead atoms. The summed E-state index contributed by atoms with van der Waals surface area (Å²) < 4.78 is 1.15. The first-order valence-electron chi connectivity index (χ1n) is 20.0. The molecule has 1 rings (SSSR count). The zero-order chi connectivity index (χ0) is 31.1. The molecule has 0 saturated carbocycles. The van der Waals surface area contributed by atoms with Crippen molar-refractivity contribution < 1.29 is 4.48 Å². The first-order valence-corrected chi connectivity index (χ1v) is 20.0. The van der Waals surface area contributed by atoms with E-state index in [0.717, 1.165) is 10.5 Å². The van der Waals surface area contributed by atoms with Gasteiger partial charge in [0.2, 0.25) is 0 Å². The third-order valence-corrected chi connectivity index (χ3v) is 10.2. The van der Waals surface area contributed by atoms with E-state index in [1.165, 1.54) is 205 Å². The lowest BCUT2D eigenvalue weighted by Crippen LogP contribution is -2.48. The Kier molecular flexibility index (Phi) is 27.9. The van der Waals surface area contributed by atoms with Crippen LogP contribution >= 0.6 is 0 Å². The standard InChI is InChI=1S/C42H80N/c1-5-7-9-11-13-15-17-19-21-23-25-27-29-34-38-42(43(3,4)40-41-36-32-31-33-37-41)39-35-30-28-26-24-22-20-18-16-14-12-10-8-6-2/h31-33,36-37,42H,5-30,34-35,38-40H2,1-4H3/q+1. The second kappa shape index (κ2) is 29.9. The van der Waals surface area contributed by atoms with Gasteiger partial charge in [-0.3, -0.25) is 0 Å². The highest BCUT2D eigenvalue weighted by molar-refractivity contribution is 5.13. The van der Waals surface area contributed by atoms with Gasteiger partial charge in [0.1, 0.15) is 6.54 Å². The Balaban J connectivity index is 2.19. The van der Waals surface area contributed by atoms with Crippen LogP contribution in [0.5, 0.6) is 0 Å². The molecule has 0 fully saturated rings. The number of rotatable bonds is 33. The van der Waals surface area contributed by atoms with Crippen molar-refractivity contribution in [2.24, 2.45) is 0 Å². The molecule has 0 amide bonds. The van der Waals surface area contributed by atoms with Crippen LogP contribution in [-0.2, 0) is 6.54 Å². The zero-order valence-corrected chi connectivity index (χ0v) is 30.3. The van der Waals surface area contributed by atoms with Crippen molar-refractivity contribution in [2.75, 3.05) is 14.1 Å². The monoisotopic (exact) mass is 599 g/mol. The van der Waals surface area contributed by atoms with Crippen LogP contribution in [0.4, 0.5) is 0 Å². The maximum Gasteiger partial charge on any atom is 0.104 e. The highest BCUT2D eigenvalue weighted by Crippen LogP contribution is 2.25. The van der Waals surface area contributed by atoms with E-state index in [1.54, 1.807) is 0 Å². The van der Waals surface area contributed by atoms with Crippen LogP contribution in [0.2, 0.25) is 0 Å². The molecule has 0 atom stereocenters. The minimum Gasteiger partial charge on any atom is -0.322 e. The number of nitrogens with zero attached hydrogens (tertiary/aromatic N) is 1. The van der Waals surface area contributed by atoms with Crippen molar-refractivity contribution >= 4 is 0 Å². The average Bonchev–Trinajstić information content (AvgIpc) is 3.00. The van der Waals surface area contributed by atoms with E-state index < -0.39 is 0 Å². The van der Waals surface area contributed by atoms with Crippen molar-refractivity contribution in [3.05, 3.63) is 35.9 Å². The number of unbranched alkanes of at least 4 members (excludes halogenated alkanes) is 26. The Morgan fingerprint density at radius 1 is 0.395 bits per heavy atom. The van der Waals surface area contributed by atoms with Gasteiger partial charge in [-0.15, -0.1) is 0 Å². The Bertz CT molecular complexity index is 633. The zero-order valence-electron chi connectivity index (χ0n) is 30.3. The van der Waals surface area contributed by atoms with Crippen LogP contribution in [0.3, 0.4) is 0 Å². The molecule has 0 aliphatic heterocycles. The van der Waals surface area contributed by atoms with Gasteiger partial charge in [-0.1, -0.05) is 211 Å². The Morgan fingerprint density at radius 3 is 0.977 bits per heavy atom. The van der Waals surface area contributed by atoms with E-state index in [9.17, 15) is 0 Å². The molecule has 0 radical (unpaired) electrons. The fourth-order valence-corrected chi connectivity index (χ4v) is 7.18. The summed E-state index contributed by atoms with van der Waals surface area (Å²) in [5, 5.41) is 0. The van der Waals surface area contributed by atoms with Gasteiger partial charge in [0.15, 0.2) is 0 Å². The lowest BCUT2D eigenvalue weighted by atomic mass is 9.96. The molecule has 1 heteroatoms. The van der Waals surface area contributed by atoms with E-state index in [1.807, 2.05) is 0 Å². The molecule has 0 N–H and O–H groups in total. The van der Waals surface area contributed by atoms with Gasteiger partial charge >= 0.3 is 0 Å². The molecule has 0 aliphatic rings. The first kappa shape index (κ1) is 40.2. The number of hydrogen-bond acceptors (Lipinski definition) is 0. The Morgan fingerprint density at radius 2 is 0.674 bits per heavy atom. The van der Waals surface area contributed by atoms with E-state index in [-0.39, 0.29) is 0 Å². The van der Waals surface area contributed by atoms with Crippen molar-refractivity contribution in [1.82, 2.24) is 0 Å². The van der Waals surface area contributed by atoms with E-state index in [4.69, 9.17) is 0 Å². The first-order chi connectivity index (χ1) is 21.1. The molecule has 1 aromatic carbocycles. The third kappa shape index (κ3) is 25.1. The fourth-order valence-electron chi connectivity index (χ4n) is 7.18. The molecular weight excluding hydrogens is 518 g/mol. The highest BCUT2D eigenvalue weighted by Gasteiger charge is 2.27. The number of quaternary nitrogens is 1. The summed E-state index contributed by atoms with van der Waals surface area (Å²) in [6.45, 7) is 5.79. The summed E-state index contributed by atoms with van der Waals surface area (Å²) in [6, 6.07) is 12.0. The molecule has 0 unspecified atom stereocenters. The summed E-state index contributed by atoms with van der Waals surface area (Å²) >= 11 is 0. The molecule has 0 heterocycles. The van der Waals surface area contributed by atoms with Gasteiger partial charge in [-0.05, 0) is 25.7 Å². The summed E-state index contributed by atoms with van der Waals surface area (Å²) in [5.74, 6) is 0. The maximum absolute atomic E-state index is 2.51. The fraction of sp³-hybridized carbons (Fsp3) is 0.857. The van der Waals surface area contributed by atoms with Gasteiger partial charge < -0.3 is 4.48 Å². The van der Waals surface area contributed by atoms with Crippen molar-refractivity contribution in [2.45, 2.75) is 219 Å². The summed E-state index contributed by atoms with van der Waals surface area (Å²) in [7, 11) is 5.01. The van der Waals surface area contributed by atoms with E-state index in [0.29, 0.717) is 0 Å². The highest BCUT2D eigenvalue weighted by atomic mass is 15.3. The van der Waals surface area contributed by atoms with Crippen molar-refractivity contribution in [1.29, 1.82) is 0 Å². The molecule has 1 nitrogen and oxygen atoms in total. The summed E-state index contributed by atoms with van der Waals surface area (Å²) in [5.41, 5.74) is 1.50. The lowest BCUT2D eigenvalue weighted by molar-refractivity contribution is -0.928. The predicted octanol–water partition coefficient (Wildman–Crippen LogP) is 14.4. The van der Waals surface area contributed by atoms with Gasteiger partial charge in [0.05, 0.1) is 20.1 Å². The SMILES string of the molecule is CCCCCCCCCCCCCCCCC(CCCCCCCCCCCCCCCC)[N+](C)(C)Cc1ccccc1. The molecular formula is C42H80N+. The van der Waals surface area contributed by atoms with Crippen molar-refractivity contribution in [3.63, 3.8) is 0 Å². The molecule has 43 heavy (non-hydrogen) atoms. The predicted molar refractivity (Wildman–Crippen MR) is 196 cm³/mol. The van der Waals surface area contributed by atoms with Crippen LogP contribution in [0, 0.1) is 0 Å². The van der Waals surface area contributed by atoms with E-state index in [2.05, 4.69) is 58.3 Å². The third-order valence-electron chi connectivity index (χ3n) is 10.2. The molecule has 0 saturated heterocycles. The van der Waals surface area contributed by atoms with Gasteiger partial charge in [0, 0.05) is 5.56 Å². The molecule has 252 valence electrons.